The van der Waals surface area contributed by atoms with E-state index in [4.69, 9.17) is 4.42 Å². The monoisotopic (exact) mass is 195 g/mol. The second kappa shape index (κ2) is 2.53. The molecule has 3 rings (SSSR count). The maximum atomic E-state index is 12.8. The van der Waals surface area contributed by atoms with Crippen LogP contribution >= 0.6 is 0 Å². The van der Waals surface area contributed by atoms with Gasteiger partial charge in [-0.15, -0.1) is 0 Å². The lowest BCUT2D eigenvalue weighted by atomic mass is 10.3. The first-order chi connectivity index (χ1) is 6.74. The Morgan fingerprint density at radius 3 is 2.64 bits per heavy atom. The van der Waals surface area contributed by atoms with E-state index in [9.17, 15) is 8.78 Å². The fourth-order valence-corrected chi connectivity index (χ4v) is 1.45. The van der Waals surface area contributed by atoms with Crippen molar-refractivity contribution in [3.8, 4) is 0 Å². The smallest absolute Gasteiger partial charge is 0.198 e. The van der Waals surface area contributed by atoms with Crippen LogP contribution in [0.15, 0.2) is 16.5 Å². The first-order valence-corrected chi connectivity index (χ1v) is 4.49. The maximum Gasteiger partial charge on any atom is 0.198 e. The molecule has 0 amide bonds. The summed E-state index contributed by atoms with van der Waals surface area (Å²) in [5.41, 5.74) is 0.719. The molecule has 1 saturated carbocycles. The van der Waals surface area contributed by atoms with Crippen LogP contribution in [0.4, 0.5) is 8.78 Å². The van der Waals surface area contributed by atoms with E-state index in [1.807, 2.05) is 0 Å². The topological polar surface area (TPSA) is 26.0 Å². The van der Waals surface area contributed by atoms with Crippen LogP contribution < -0.4 is 0 Å². The first kappa shape index (κ1) is 7.91. The van der Waals surface area contributed by atoms with Gasteiger partial charge in [0.15, 0.2) is 23.1 Å². The molecule has 1 heterocycles. The average molecular weight is 195 g/mol. The van der Waals surface area contributed by atoms with Gasteiger partial charge in [-0.25, -0.2) is 13.8 Å². The van der Waals surface area contributed by atoms with Gasteiger partial charge >= 0.3 is 0 Å². The summed E-state index contributed by atoms with van der Waals surface area (Å²) in [6.07, 6.45) is 2.11. The summed E-state index contributed by atoms with van der Waals surface area (Å²) in [6, 6.07) is 2.11. The van der Waals surface area contributed by atoms with E-state index in [0.717, 1.165) is 25.0 Å². The molecule has 1 fully saturated rings. The third-order valence-corrected chi connectivity index (χ3v) is 2.37. The minimum Gasteiger partial charge on any atom is -0.440 e. The number of fused-ring (bicyclic) bond motifs is 1. The number of halogens is 2. The highest BCUT2D eigenvalue weighted by atomic mass is 19.2. The zero-order chi connectivity index (χ0) is 9.71. The predicted molar refractivity (Wildman–Crippen MR) is 45.9 cm³/mol. The van der Waals surface area contributed by atoms with Gasteiger partial charge in [0.25, 0.3) is 0 Å². The fourth-order valence-electron chi connectivity index (χ4n) is 1.45. The highest BCUT2D eigenvalue weighted by Crippen LogP contribution is 2.40. The molecule has 0 atom stereocenters. The van der Waals surface area contributed by atoms with E-state index >= 15 is 0 Å². The number of oxazole rings is 1. The molecule has 14 heavy (non-hydrogen) atoms. The third-order valence-electron chi connectivity index (χ3n) is 2.37. The molecular weight excluding hydrogens is 188 g/mol. The molecule has 0 N–H and O–H groups in total. The molecule has 0 unspecified atom stereocenters. The molecule has 2 aromatic rings. The van der Waals surface area contributed by atoms with Crippen LogP contribution in [0, 0.1) is 11.6 Å². The third kappa shape index (κ3) is 1.10. The van der Waals surface area contributed by atoms with Crippen molar-refractivity contribution in [1.29, 1.82) is 0 Å². The molecule has 0 saturated heterocycles. The second-order valence-corrected chi connectivity index (χ2v) is 3.56. The van der Waals surface area contributed by atoms with Gasteiger partial charge in [-0.05, 0) is 12.8 Å². The van der Waals surface area contributed by atoms with E-state index in [2.05, 4.69) is 4.98 Å². The summed E-state index contributed by atoms with van der Waals surface area (Å²) >= 11 is 0. The lowest BCUT2D eigenvalue weighted by molar-refractivity contribution is 0.502. The van der Waals surface area contributed by atoms with Gasteiger partial charge in [-0.2, -0.15) is 0 Å². The van der Waals surface area contributed by atoms with E-state index in [1.54, 1.807) is 0 Å². The molecule has 0 radical (unpaired) electrons. The summed E-state index contributed by atoms with van der Waals surface area (Å²) in [5.74, 6) is -0.817. The van der Waals surface area contributed by atoms with Crippen molar-refractivity contribution in [2.24, 2.45) is 0 Å². The SMILES string of the molecule is Fc1cc2nc(C3CC3)oc2cc1F. The zero-order valence-corrected chi connectivity index (χ0v) is 7.26. The highest BCUT2D eigenvalue weighted by Gasteiger charge is 2.29. The van der Waals surface area contributed by atoms with Gasteiger partial charge in [0.05, 0.1) is 0 Å². The second-order valence-electron chi connectivity index (χ2n) is 3.56. The van der Waals surface area contributed by atoms with Crippen LogP contribution in [-0.4, -0.2) is 4.98 Å². The quantitative estimate of drug-likeness (QED) is 0.699. The van der Waals surface area contributed by atoms with Crippen molar-refractivity contribution < 1.29 is 13.2 Å². The Hall–Kier alpha value is -1.45. The van der Waals surface area contributed by atoms with Gasteiger partial charge in [0.2, 0.25) is 0 Å². The van der Waals surface area contributed by atoms with E-state index < -0.39 is 11.6 Å². The van der Waals surface area contributed by atoms with Crippen LogP contribution in [0.5, 0.6) is 0 Å². The minimum atomic E-state index is -0.893. The van der Waals surface area contributed by atoms with Crippen molar-refractivity contribution in [2.45, 2.75) is 18.8 Å². The summed E-state index contributed by atoms with van der Waals surface area (Å²) in [5, 5.41) is 0. The van der Waals surface area contributed by atoms with Crippen LogP contribution in [0.1, 0.15) is 24.7 Å². The summed E-state index contributed by atoms with van der Waals surface area (Å²) in [4.78, 5) is 4.10. The van der Waals surface area contributed by atoms with Crippen molar-refractivity contribution >= 4 is 11.1 Å². The molecule has 0 spiro atoms. The normalized spacial score (nSPS) is 16.4. The van der Waals surface area contributed by atoms with Crippen LogP contribution in [0.2, 0.25) is 0 Å². The number of benzene rings is 1. The van der Waals surface area contributed by atoms with Gasteiger partial charge in [-0.1, -0.05) is 0 Å². The molecule has 1 aliphatic carbocycles. The Bertz CT molecular complexity index is 463. The van der Waals surface area contributed by atoms with Crippen molar-refractivity contribution in [2.75, 3.05) is 0 Å². The number of hydrogen-bond donors (Lipinski definition) is 0. The molecule has 2 nitrogen and oxygen atoms in total. The molecule has 1 aromatic heterocycles. The lowest BCUT2D eigenvalue weighted by Gasteiger charge is -1.89. The summed E-state index contributed by atoms with van der Waals surface area (Å²) in [6.45, 7) is 0. The van der Waals surface area contributed by atoms with Crippen LogP contribution in [0.25, 0.3) is 11.1 Å². The molecule has 72 valence electrons. The average Bonchev–Trinajstić information content (AvgIpc) is 2.90. The van der Waals surface area contributed by atoms with Gasteiger partial charge < -0.3 is 4.42 Å². The van der Waals surface area contributed by atoms with Gasteiger partial charge in [-0.3, -0.25) is 0 Å². The van der Waals surface area contributed by atoms with Crippen molar-refractivity contribution in [3.63, 3.8) is 0 Å². The Kier molecular flexibility index (Phi) is 1.43. The zero-order valence-electron chi connectivity index (χ0n) is 7.26. The first-order valence-electron chi connectivity index (χ1n) is 4.49. The summed E-state index contributed by atoms with van der Waals surface area (Å²) < 4.78 is 30.9. The van der Waals surface area contributed by atoms with Crippen LogP contribution in [-0.2, 0) is 0 Å². The van der Waals surface area contributed by atoms with E-state index in [0.29, 0.717) is 22.9 Å². The van der Waals surface area contributed by atoms with Crippen LogP contribution in [0.3, 0.4) is 0 Å². The number of nitrogens with zero attached hydrogens (tertiary/aromatic N) is 1. The number of aromatic nitrogens is 1. The number of hydrogen-bond acceptors (Lipinski definition) is 2. The maximum absolute atomic E-state index is 12.8. The highest BCUT2D eigenvalue weighted by molar-refractivity contribution is 5.72. The molecule has 4 heteroatoms. The predicted octanol–water partition coefficient (Wildman–Crippen LogP) is 2.98. The fraction of sp³-hybridized carbons (Fsp3) is 0.300. The lowest BCUT2D eigenvalue weighted by Crippen LogP contribution is -1.82. The molecule has 1 aliphatic rings. The molecule has 1 aromatic carbocycles. The largest absolute Gasteiger partial charge is 0.440 e. The van der Waals surface area contributed by atoms with Crippen molar-refractivity contribution in [3.05, 3.63) is 29.7 Å². The molecule has 0 aliphatic heterocycles. The van der Waals surface area contributed by atoms with E-state index in [-0.39, 0.29) is 0 Å². The Labute approximate surface area is 78.5 Å². The Balaban J connectivity index is 2.22. The molecule has 0 bridgehead atoms. The van der Waals surface area contributed by atoms with Crippen molar-refractivity contribution in [1.82, 2.24) is 4.98 Å². The summed E-state index contributed by atoms with van der Waals surface area (Å²) in [7, 11) is 0. The Morgan fingerprint density at radius 2 is 1.93 bits per heavy atom. The Morgan fingerprint density at radius 1 is 1.21 bits per heavy atom. The van der Waals surface area contributed by atoms with Gasteiger partial charge in [0.1, 0.15) is 5.52 Å². The standard InChI is InChI=1S/C10H7F2NO/c11-6-3-8-9(4-7(6)12)14-10(13-8)5-1-2-5/h3-5H,1-2H2. The number of rotatable bonds is 1. The van der Waals surface area contributed by atoms with Gasteiger partial charge in [0, 0.05) is 18.1 Å². The molecular formula is C10H7F2NO. The minimum absolute atomic E-state index is 0.325. The van der Waals surface area contributed by atoms with E-state index in [1.165, 1.54) is 0 Å².